The Morgan fingerprint density at radius 3 is 2.80 bits per heavy atom. The fourth-order valence-electron chi connectivity index (χ4n) is 3.71. The molecule has 5 rings (SSSR count). The quantitative estimate of drug-likeness (QED) is 0.696. The predicted molar refractivity (Wildman–Crippen MR) is 111 cm³/mol. The summed E-state index contributed by atoms with van der Waals surface area (Å²) in [6, 6.07) is 8.66. The third kappa shape index (κ3) is 3.20. The Hall–Kier alpha value is -3.04. The van der Waals surface area contributed by atoms with Crippen LogP contribution in [0.2, 0.25) is 0 Å². The highest BCUT2D eigenvalue weighted by atomic mass is 32.2. The maximum absolute atomic E-state index is 13.4. The first-order chi connectivity index (χ1) is 14.4. The van der Waals surface area contributed by atoms with Crippen LogP contribution in [0.25, 0.3) is 5.69 Å². The molecule has 0 bridgehead atoms. The van der Waals surface area contributed by atoms with Crippen LogP contribution in [0.1, 0.15) is 34.6 Å². The Morgan fingerprint density at radius 2 is 2.03 bits per heavy atom. The number of benzene rings is 1. The first-order valence-corrected chi connectivity index (χ1v) is 11.3. The molecule has 2 aliphatic rings. The summed E-state index contributed by atoms with van der Waals surface area (Å²) in [7, 11) is -3.68. The maximum Gasteiger partial charge on any atom is 0.276 e. The SMILES string of the molecule is Cc1ccncc1NC(=O)c1ncn2c1CN(CC1CC1)S(=O)(=O)c1ccccc1-2. The number of para-hydroxylation sites is 1. The Balaban J connectivity index is 1.59. The van der Waals surface area contributed by atoms with E-state index in [2.05, 4.69) is 15.3 Å². The molecule has 1 aliphatic carbocycles. The van der Waals surface area contributed by atoms with Crippen LogP contribution in [0, 0.1) is 12.8 Å². The zero-order chi connectivity index (χ0) is 20.9. The van der Waals surface area contributed by atoms with E-state index in [-0.39, 0.29) is 23.0 Å². The summed E-state index contributed by atoms with van der Waals surface area (Å²) in [5.74, 6) is -0.0141. The molecule has 30 heavy (non-hydrogen) atoms. The Kier molecular flexibility index (Phi) is 4.44. The minimum atomic E-state index is -3.68. The first kappa shape index (κ1) is 19.0. The van der Waals surface area contributed by atoms with Crippen molar-refractivity contribution >= 4 is 21.6 Å². The van der Waals surface area contributed by atoms with Gasteiger partial charge < -0.3 is 5.32 Å². The third-order valence-electron chi connectivity index (χ3n) is 5.60. The second-order valence-corrected chi connectivity index (χ2v) is 9.67. The van der Waals surface area contributed by atoms with Gasteiger partial charge >= 0.3 is 0 Å². The van der Waals surface area contributed by atoms with Crippen molar-refractivity contribution in [1.29, 1.82) is 0 Å². The van der Waals surface area contributed by atoms with Gasteiger partial charge in [-0.25, -0.2) is 13.4 Å². The molecule has 3 heterocycles. The first-order valence-electron chi connectivity index (χ1n) is 9.83. The fraction of sp³-hybridized carbons (Fsp3) is 0.286. The molecule has 1 aromatic carbocycles. The van der Waals surface area contributed by atoms with Crippen molar-refractivity contribution in [3.63, 3.8) is 0 Å². The molecule has 0 atom stereocenters. The summed E-state index contributed by atoms with van der Waals surface area (Å²) in [6.07, 6.45) is 6.82. The number of nitrogens with zero attached hydrogens (tertiary/aromatic N) is 4. The summed E-state index contributed by atoms with van der Waals surface area (Å²) < 4.78 is 29.9. The van der Waals surface area contributed by atoms with E-state index >= 15 is 0 Å². The lowest BCUT2D eigenvalue weighted by Crippen LogP contribution is -2.32. The zero-order valence-electron chi connectivity index (χ0n) is 16.4. The van der Waals surface area contributed by atoms with Crippen LogP contribution in [0.4, 0.5) is 5.69 Å². The van der Waals surface area contributed by atoms with Gasteiger partial charge in [0.25, 0.3) is 5.91 Å². The molecule has 1 amide bonds. The third-order valence-corrected chi connectivity index (χ3v) is 7.46. The van der Waals surface area contributed by atoms with Crippen LogP contribution in [-0.4, -0.2) is 39.7 Å². The van der Waals surface area contributed by atoms with Gasteiger partial charge in [-0.3, -0.25) is 14.3 Å². The fourth-order valence-corrected chi connectivity index (χ4v) is 5.37. The Morgan fingerprint density at radius 1 is 1.23 bits per heavy atom. The lowest BCUT2D eigenvalue weighted by molar-refractivity contribution is 0.102. The number of amides is 1. The van der Waals surface area contributed by atoms with Gasteiger partial charge in [0.2, 0.25) is 10.0 Å². The van der Waals surface area contributed by atoms with Gasteiger partial charge in [0.05, 0.1) is 29.8 Å². The summed E-state index contributed by atoms with van der Waals surface area (Å²) in [4.78, 5) is 21.7. The minimum Gasteiger partial charge on any atom is -0.319 e. The van der Waals surface area contributed by atoms with Crippen molar-refractivity contribution in [3.05, 3.63) is 66.0 Å². The van der Waals surface area contributed by atoms with Gasteiger partial charge in [-0.2, -0.15) is 4.31 Å². The number of nitrogens with one attached hydrogen (secondary N) is 1. The van der Waals surface area contributed by atoms with Gasteiger partial charge in [0, 0.05) is 12.7 Å². The monoisotopic (exact) mass is 423 g/mol. The topological polar surface area (TPSA) is 97.2 Å². The van der Waals surface area contributed by atoms with E-state index < -0.39 is 10.0 Å². The molecular weight excluding hydrogens is 402 g/mol. The van der Waals surface area contributed by atoms with E-state index in [1.165, 1.54) is 10.6 Å². The van der Waals surface area contributed by atoms with Gasteiger partial charge in [0.15, 0.2) is 5.69 Å². The highest BCUT2D eigenvalue weighted by Gasteiger charge is 2.37. The lowest BCUT2D eigenvalue weighted by atomic mass is 10.2. The van der Waals surface area contributed by atoms with Gasteiger partial charge in [0.1, 0.15) is 11.2 Å². The molecule has 0 spiro atoms. The predicted octanol–water partition coefficient (Wildman–Crippen LogP) is 2.74. The molecule has 3 aromatic rings. The Bertz CT molecular complexity index is 1250. The number of imidazole rings is 1. The van der Waals surface area contributed by atoms with Crippen molar-refractivity contribution in [2.24, 2.45) is 5.92 Å². The molecule has 2 aromatic heterocycles. The molecule has 0 unspecified atom stereocenters. The largest absolute Gasteiger partial charge is 0.319 e. The molecule has 9 heteroatoms. The Labute approximate surface area is 174 Å². The zero-order valence-corrected chi connectivity index (χ0v) is 17.3. The van der Waals surface area contributed by atoms with Crippen molar-refractivity contribution in [1.82, 2.24) is 18.8 Å². The van der Waals surface area contributed by atoms with Crippen molar-refractivity contribution < 1.29 is 13.2 Å². The molecule has 0 saturated heterocycles. The van der Waals surface area contributed by atoms with E-state index in [1.54, 1.807) is 41.2 Å². The van der Waals surface area contributed by atoms with E-state index in [9.17, 15) is 13.2 Å². The molecule has 1 aliphatic heterocycles. The number of aromatic nitrogens is 3. The van der Waals surface area contributed by atoms with Crippen LogP contribution >= 0.6 is 0 Å². The number of sulfonamides is 1. The van der Waals surface area contributed by atoms with E-state index in [4.69, 9.17) is 0 Å². The summed E-state index contributed by atoms with van der Waals surface area (Å²) in [5.41, 5.74) is 2.76. The highest BCUT2D eigenvalue weighted by molar-refractivity contribution is 7.89. The maximum atomic E-state index is 13.4. The second-order valence-electron chi connectivity index (χ2n) is 7.76. The number of aryl methyl sites for hydroxylation is 1. The number of pyridine rings is 1. The van der Waals surface area contributed by atoms with Gasteiger partial charge in [-0.05, 0) is 49.4 Å². The van der Waals surface area contributed by atoms with Gasteiger partial charge in [-0.1, -0.05) is 12.1 Å². The van der Waals surface area contributed by atoms with Gasteiger partial charge in [-0.15, -0.1) is 0 Å². The normalized spacial score (nSPS) is 17.6. The number of rotatable bonds is 4. The summed E-state index contributed by atoms with van der Waals surface area (Å²) in [5, 5.41) is 2.85. The van der Waals surface area contributed by atoms with Crippen LogP contribution in [0.15, 0.2) is 53.9 Å². The average Bonchev–Trinajstić information content (AvgIpc) is 3.47. The molecule has 0 radical (unpaired) electrons. The standard InChI is InChI=1S/C21H21N5O3S/c1-14-8-9-22-10-16(14)24-21(27)20-18-12-25(11-15-6-7-15)30(28,29)19-5-3-2-4-17(19)26(18)13-23-20/h2-5,8-10,13,15H,6-7,11-12H2,1H3,(H,24,27). The van der Waals surface area contributed by atoms with E-state index in [1.807, 2.05) is 13.0 Å². The van der Waals surface area contributed by atoms with E-state index in [0.29, 0.717) is 29.5 Å². The van der Waals surface area contributed by atoms with Crippen LogP contribution in [0.3, 0.4) is 0 Å². The molecule has 154 valence electrons. The number of fused-ring (bicyclic) bond motifs is 3. The number of hydrogen-bond acceptors (Lipinski definition) is 5. The van der Waals surface area contributed by atoms with Crippen molar-refractivity contribution in [2.45, 2.75) is 31.2 Å². The number of carbonyl (C=O) groups is 1. The van der Waals surface area contributed by atoms with Crippen LogP contribution < -0.4 is 5.32 Å². The van der Waals surface area contributed by atoms with E-state index in [0.717, 1.165) is 18.4 Å². The summed E-state index contributed by atoms with van der Waals surface area (Å²) >= 11 is 0. The van der Waals surface area contributed by atoms with Crippen molar-refractivity contribution in [3.8, 4) is 5.69 Å². The average molecular weight is 423 g/mol. The van der Waals surface area contributed by atoms with Crippen molar-refractivity contribution in [2.75, 3.05) is 11.9 Å². The number of carbonyl (C=O) groups excluding carboxylic acids is 1. The molecule has 1 saturated carbocycles. The smallest absolute Gasteiger partial charge is 0.276 e. The molecule has 1 N–H and O–H groups in total. The summed E-state index contributed by atoms with van der Waals surface area (Å²) in [6.45, 7) is 2.43. The van der Waals surface area contributed by atoms with Crippen LogP contribution in [-0.2, 0) is 16.6 Å². The van der Waals surface area contributed by atoms with Crippen LogP contribution in [0.5, 0.6) is 0 Å². The highest BCUT2D eigenvalue weighted by Crippen LogP contribution is 2.36. The molecule has 8 nitrogen and oxygen atoms in total. The number of anilines is 1. The second kappa shape index (κ2) is 7.03. The molecular formula is C21H21N5O3S. The minimum absolute atomic E-state index is 0.0995. The lowest BCUT2D eigenvalue weighted by Gasteiger charge is -2.20. The number of hydrogen-bond donors (Lipinski definition) is 1. The molecule has 1 fully saturated rings.